The molecule has 0 unspecified atom stereocenters. The van der Waals surface area contributed by atoms with Gasteiger partial charge in [0.15, 0.2) is 5.76 Å². The normalized spacial score (nSPS) is 8.00. The molecule has 0 heterocycles. The first-order valence-electron chi connectivity index (χ1n) is 6.66. The number of unbranched alkanes of at least 4 members (excludes halogenated alkanes) is 1. The van der Waals surface area contributed by atoms with E-state index in [1.165, 1.54) is 14.2 Å². The number of ether oxygens (including phenoxy) is 3. The summed E-state index contributed by atoms with van der Waals surface area (Å²) in [5.74, 6) is -2.04. The van der Waals surface area contributed by atoms with Crippen molar-refractivity contribution in [3.8, 4) is 0 Å². The van der Waals surface area contributed by atoms with Crippen molar-refractivity contribution in [2.75, 3.05) is 20.8 Å². The SMILES string of the molecule is C=C(C)C(=O)OCCCC.C=C(O)C(=O)OC.C=CC(=O)OC. The Bertz CT molecular complexity index is 411. The van der Waals surface area contributed by atoms with Crippen LogP contribution in [0.15, 0.2) is 37.1 Å². The molecule has 7 nitrogen and oxygen atoms in total. The van der Waals surface area contributed by atoms with Crippen LogP contribution in [0.4, 0.5) is 0 Å². The number of esters is 3. The van der Waals surface area contributed by atoms with Gasteiger partial charge in [0.25, 0.3) is 0 Å². The van der Waals surface area contributed by atoms with Crippen molar-refractivity contribution in [3.63, 3.8) is 0 Å². The van der Waals surface area contributed by atoms with Crippen molar-refractivity contribution in [2.45, 2.75) is 26.7 Å². The van der Waals surface area contributed by atoms with Crippen LogP contribution in [0.5, 0.6) is 0 Å². The molecule has 0 aliphatic heterocycles. The molecular formula is C16H26O7. The molecule has 0 aliphatic rings. The summed E-state index contributed by atoms with van der Waals surface area (Å²) in [6.45, 7) is 13.7. The monoisotopic (exact) mass is 330 g/mol. The van der Waals surface area contributed by atoms with Gasteiger partial charge in [0.05, 0.1) is 20.8 Å². The zero-order valence-corrected chi connectivity index (χ0v) is 14.2. The topological polar surface area (TPSA) is 99.1 Å². The molecule has 0 aromatic rings. The lowest BCUT2D eigenvalue weighted by Crippen LogP contribution is -2.05. The molecule has 0 bridgehead atoms. The lowest BCUT2D eigenvalue weighted by atomic mass is 10.3. The number of carbonyl (C=O) groups is 3. The van der Waals surface area contributed by atoms with E-state index in [1.807, 2.05) is 0 Å². The fourth-order valence-electron chi connectivity index (χ4n) is 0.634. The van der Waals surface area contributed by atoms with Gasteiger partial charge in [-0.25, -0.2) is 14.4 Å². The summed E-state index contributed by atoms with van der Waals surface area (Å²) in [6, 6.07) is 0. The molecule has 7 heteroatoms. The van der Waals surface area contributed by atoms with Crippen LogP contribution in [-0.4, -0.2) is 43.8 Å². The Kier molecular flexibility index (Phi) is 19.3. The molecule has 0 atom stereocenters. The van der Waals surface area contributed by atoms with Gasteiger partial charge in [-0.3, -0.25) is 0 Å². The van der Waals surface area contributed by atoms with Crippen LogP contribution < -0.4 is 0 Å². The second kappa shape index (κ2) is 17.5. The molecule has 0 aliphatic carbocycles. The molecule has 1 N–H and O–H groups in total. The third kappa shape index (κ3) is 21.9. The van der Waals surface area contributed by atoms with Gasteiger partial charge in [-0.05, 0) is 19.9 Å². The highest BCUT2D eigenvalue weighted by Gasteiger charge is 2.00. The van der Waals surface area contributed by atoms with Gasteiger partial charge in [-0.15, -0.1) is 0 Å². The van der Waals surface area contributed by atoms with Gasteiger partial charge in [-0.1, -0.05) is 26.5 Å². The molecule has 0 aromatic carbocycles. The Hall–Kier alpha value is -2.57. The molecular weight excluding hydrogens is 304 g/mol. The molecule has 0 amide bonds. The Morgan fingerprint density at radius 3 is 1.78 bits per heavy atom. The number of aliphatic hydroxyl groups excluding tert-OH is 1. The summed E-state index contributed by atoms with van der Waals surface area (Å²) in [4.78, 5) is 30.5. The van der Waals surface area contributed by atoms with Crippen LogP contribution in [0.1, 0.15) is 26.7 Å². The van der Waals surface area contributed by atoms with Crippen LogP contribution in [-0.2, 0) is 28.6 Å². The highest BCUT2D eigenvalue weighted by molar-refractivity contribution is 5.86. The standard InChI is InChI=1S/C8H14O2.C4H6O3.C4H6O2/c1-4-5-6-10-8(9)7(2)3;1-3(5)4(6)7-2;1-3-4(5)6-2/h2,4-6H2,1,3H3;5H,1H2,2H3;3H,1H2,2H3. The van der Waals surface area contributed by atoms with E-state index in [-0.39, 0.29) is 5.97 Å². The molecule has 132 valence electrons. The van der Waals surface area contributed by atoms with Gasteiger partial charge < -0.3 is 19.3 Å². The maximum Gasteiger partial charge on any atom is 0.372 e. The second-order valence-corrected chi connectivity index (χ2v) is 3.94. The highest BCUT2D eigenvalue weighted by atomic mass is 16.5. The van der Waals surface area contributed by atoms with Crippen molar-refractivity contribution in [3.05, 3.63) is 37.1 Å². The number of aliphatic hydroxyl groups is 1. The highest BCUT2D eigenvalue weighted by Crippen LogP contribution is 1.94. The summed E-state index contributed by atoms with van der Waals surface area (Å²) in [5.41, 5.74) is 0.469. The fourth-order valence-corrected chi connectivity index (χ4v) is 0.634. The van der Waals surface area contributed by atoms with E-state index < -0.39 is 17.7 Å². The summed E-state index contributed by atoms with van der Waals surface area (Å²) < 4.78 is 13.0. The van der Waals surface area contributed by atoms with E-state index >= 15 is 0 Å². The smallest absolute Gasteiger partial charge is 0.372 e. The molecule has 0 fully saturated rings. The van der Waals surface area contributed by atoms with Crippen LogP contribution in [0.25, 0.3) is 0 Å². The number of methoxy groups -OCH3 is 2. The van der Waals surface area contributed by atoms with E-state index in [4.69, 9.17) is 9.84 Å². The van der Waals surface area contributed by atoms with E-state index in [0.717, 1.165) is 18.9 Å². The Labute approximate surface area is 137 Å². The van der Waals surface area contributed by atoms with Crippen LogP contribution in [0.2, 0.25) is 0 Å². The fraction of sp³-hybridized carbons (Fsp3) is 0.438. The van der Waals surface area contributed by atoms with Gasteiger partial charge in [0.2, 0.25) is 0 Å². The van der Waals surface area contributed by atoms with Crippen LogP contribution in [0.3, 0.4) is 0 Å². The lowest BCUT2D eigenvalue weighted by Gasteiger charge is -2.01. The summed E-state index contributed by atoms with van der Waals surface area (Å²) in [5, 5.41) is 8.15. The maximum atomic E-state index is 10.7. The number of hydrogen-bond acceptors (Lipinski definition) is 7. The first kappa shape index (κ1) is 25.4. The van der Waals surface area contributed by atoms with E-state index in [2.05, 4.69) is 36.1 Å². The molecule has 23 heavy (non-hydrogen) atoms. The first-order valence-corrected chi connectivity index (χ1v) is 6.66. The third-order valence-corrected chi connectivity index (χ3v) is 1.87. The van der Waals surface area contributed by atoms with E-state index in [1.54, 1.807) is 6.92 Å². The van der Waals surface area contributed by atoms with Crippen molar-refractivity contribution in [1.29, 1.82) is 0 Å². The zero-order valence-electron chi connectivity index (χ0n) is 14.2. The predicted octanol–water partition coefficient (Wildman–Crippen LogP) is 2.48. The average Bonchev–Trinajstić information content (AvgIpc) is 2.54. The van der Waals surface area contributed by atoms with E-state index in [0.29, 0.717) is 12.2 Å². The van der Waals surface area contributed by atoms with Crippen molar-refractivity contribution in [1.82, 2.24) is 0 Å². The number of rotatable bonds is 6. The predicted molar refractivity (Wildman–Crippen MR) is 86.7 cm³/mol. The molecule has 0 radical (unpaired) electrons. The molecule has 0 rings (SSSR count). The Morgan fingerprint density at radius 1 is 1.09 bits per heavy atom. The van der Waals surface area contributed by atoms with Crippen molar-refractivity contribution < 1.29 is 33.7 Å². The van der Waals surface area contributed by atoms with Crippen LogP contribution in [0, 0.1) is 0 Å². The quantitative estimate of drug-likeness (QED) is 0.262. The van der Waals surface area contributed by atoms with Crippen molar-refractivity contribution in [2.24, 2.45) is 0 Å². The number of hydrogen-bond donors (Lipinski definition) is 1. The lowest BCUT2D eigenvalue weighted by molar-refractivity contribution is -0.139. The van der Waals surface area contributed by atoms with Crippen LogP contribution >= 0.6 is 0 Å². The third-order valence-electron chi connectivity index (χ3n) is 1.87. The maximum absolute atomic E-state index is 10.7. The van der Waals surface area contributed by atoms with E-state index in [9.17, 15) is 14.4 Å². The molecule has 0 saturated heterocycles. The average molecular weight is 330 g/mol. The largest absolute Gasteiger partial charge is 0.502 e. The molecule has 0 saturated carbocycles. The van der Waals surface area contributed by atoms with Crippen molar-refractivity contribution >= 4 is 17.9 Å². The Balaban J connectivity index is -0.000000272. The number of carbonyl (C=O) groups excluding carboxylic acids is 3. The van der Waals surface area contributed by atoms with Gasteiger partial charge in [-0.2, -0.15) is 0 Å². The zero-order chi connectivity index (χ0) is 18.8. The minimum Gasteiger partial charge on any atom is -0.502 e. The summed E-state index contributed by atoms with van der Waals surface area (Å²) >= 11 is 0. The van der Waals surface area contributed by atoms with Gasteiger partial charge in [0.1, 0.15) is 0 Å². The van der Waals surface area contributed by atoms with Gasteiger partial charge in [0, 0.05) is 11.6 Å². The molecule has 0 spiro atoms. The van der Waals surface area contributed by atoms with Gasteiger partial charge >= 0.3 is 17.9 Å². The minimum absolute atomic E-state index is 0.284. The first-order chi connectivity index (χ1) is 10.7. The summed E-state index contributed by atoms with van der Waals surface area (Å²) in [6.07, 6.45) is 3.09. The minimum atomic E-state index is -0.792. The second-order valence-electron chi connectivity index (χ2n) is 3.94. The molecule has 0 aromatic heterocycles. The Morgan fingerprint density at radius 2 is 1.61 bits per heavy atom. The summed E-state index contributed by atoms with van der Waals surface area (Å²) in [7, 11) is 2.48.